The van der Waals surface area contributed by atoms with Crippen molar-refractivity contribution in [1.29, 1.82) is 0 Å². The first-order valence-electron chi connectivity index (χ1n) is 12.1. The van der Waals surface area contributed by atoms with Crippen LogP contribution in [0.15, 0.2) is 49.1 Å². The quantitative estimate of drug-likeness (QED) is 0.431. The van der Waals surface area contributed by atoms with Crippen molar-refractivity contribution in [2.75, 3.05) is 31.1 Å². The summed E-state index contributed by atoms with van der Waals surface area (Å²) < 4.78 is 0. The molecule has 0 atom stereocenters. The second-order valence-corrected chi connectivity index (χ2v) is 11.4. The van der Waals surface area contributed by atoms with Gasteiger partial charge >= 0.3 is 0 Å². The SMILES string of the molecule is C=C(CC(C)(C)C)N1CCC2(CCN(c3nc(-c4ccncc4)nc4c(Cl)nccc34)CC2)C1. The molecule has 5 rings (SSSR count). The second-order valence-electron chi connectivity index (χ2n) is 11.1. The van der Waals surface area contributed by atoms with Crippen molar-refractivity contribution in [3.05, 3.63) is 54.2 Å². The van der Waals surface area contributed by atoms with E-state index in [2.05, 4.69) is 47.1 Å². The molecule has 0 amide bonds. The third-order valence-corrected chi connectivity index (χ3v) is 7.51. The fraction of sp³-hybridized carbons (Fsp3) is 0.481. The molecule has 0 radical (unpaired) electrons. The van der Waals surface area contributed by atoms with Crippen molar-refractivity contribution in [3.8, 4) is 11.4 Å². The maximum atomic E-state index is 6.47. The van der Waals surface area contributed by atoms with E-state index in [1.807, 2.05) is 18.2 Å². The Morgan fingerprint density at radius 3 is 2.44 bits per heavy atom. The van der Waals surface area contributed by atoms with Crippen LogP contribution in [0.25, 0.3) is 22.3 Å². The van der Waals surface area contributed by atoms with E-state index in [-0.39, 0.29) is 5.41 Å². The van der Waals surface area contributed by atoms with Gasteiger partial charge in [0.2, 0.25) is 0 Å². The highest BCUT2D eigenvalue weighted by Gasteiger charge is 2.41. The molecule has 3 aromatic rings. The normalized spacial score (nSPS) is 18.1. The summed E-state index contributed by atoms with van der Waals surface area (Å²) >= 11 is 6.47. The van der Waals surface area contributed by atoms with Gasteiger partial charge in [-0.2, -0.15) is 0 Å². The highest BCUT2D eigenvalue weighted by Crippen LogP contribution is 2.44. The number of nitrogens with zero attached hydrogens (tertiary/aromatic N) is 6. The van der Waals surface area contributed by atoms with E-state index in [1.165, 1.54) is 12.1 Å². The minimum Gasteiger partial charge on any atom is -0.375 e. The van der Waals surface area contributed by atoms with Crippen molar-refractivity contribution in [2.24, 2.45) is 10.8 Å². The van der Waals surface area contributed by atoms with Gasteiger partial charge in [-0.1, -0.05) is 39.0 Å². The minimum absolute atomic E-state index is 0.271. The molecule has 0 N–H and O–H groups in total. The number of halogens is 1. The van der Waals surface area contributed by atoms with Crippen LogP contribution in [0.4, 0.5) is 5.82 Å². The van der Waals surface area contributed by atoms with Gasteiger partial charge in [0.25, 0.3) is 0 Å². The molecule has 0 aliphatic carbocycles. The molecule has 6 nitrogen and oxygen atoms in total. The summed E-state index contributed by atoms with van der Waals surface area (Å²) in [5.74, 6) is 1.61. The first kappa shape index (κ1) is 23.0. The van der Waals surface area contributed by atoms with Gasteiger partial charge < -0.3 is 9.80 Å². The van der Waals surface area contributed by atoms with E-state index in [4.69, 9.17) is 21.6 Å². The number of hydrogen-bond donors (Lipinski definition) is 0. The highest BCUT2D eigenvalue weighted by atomic mass is 35.5. The van der Waals surface area contributed by atoms with Crippen LogP contribution in [0.1, 0.15) is 46.5 Å². The monoisotopic (exact) mass is 476 g/mol. The van der Waals surface area contributed by atoms with E-state index in [0.717, 1.165) is 62.2 Å². The molecular formula is C27H33ClN6. The predicted molar refractivity (Wildman–Crippen MR) is 139 cm³/mol. The molecule has 0 unspecified atom stereocenters. The number of hydrogen-bond acceptors (Lipinski definition) is 6. The summed E-state index contributed by atoms with van der Waals surface area (Å²) in [6.07, 6.45) is 9.86. The number of anilines is 1. The van der Waals surface area contributed by atoms with Crippen molar-refractivity contribution in [3.63, 3.8) is 0 Å². The van der Waals surface area contributed by atoms with Crippen molar-refractivity contribution in [2.45, 2.75) is 46.5 Å². The average Bonchev–Trinajstić information content (AvgIpc) is 3.23. The first-order valence-corrected chi connectivity index (χ1v) is 12.5. The van der Waals surface area contributed by atoms with Crippen LogP contribution in [-0.2, 0) is 0 Å². The zero-order valence-corrected chi connectivity index (χ0v) is 21.1. The Labute approximate surface area is 207 Å². The molecular weight excluding hydrogens is 444 g/mol. The Balaban J connectivity index is 1.38. The van der Waals surface area contributed by atoms with Gasteiger partial charge in [-0.05, 0) is 54.7 Å². The molecule has 0 bridgehead atoms. The lowest BCUT2D eigenvalue weighted by atomic mass is 9.77. The predicted octanol–water partition coefficient (Wildman–Crippen LogP) is 5.98. The van der Waals surface area contributed by atoms with Crippen molar-refractivity contribution in [1.82, 2.24) is 24.8 Å². The van der Waals surface area contributed by atoms with Crippen molar-refractivity contribution < 1.29 is 0 Å². The third kappa shape index (κ3) is 4.61. The minimum atomic E-state index is 0.271. The van der Waals surface area contributed by atoms with Crippen LogP contribution in [0, 0.1) is 10.8 Å². The average molecular weight is 477 g/mol. The lowest BCUT2D eigenvalue weighted by molar-refractivity contribution is 0.217. The fourth-order valence-corrected chi connectivity index (χ4v) is 5.61. The third-order valence-electron chi connectivity index (χ3n) is 7.23. The number of pyridine rings is 2. The number of piperidine rings is 1. The molecule has 178 valence electrons. The molecule has 2 aliphatic rings. The van der Waals surface area contributed by atoms with Gasteiger partial charge in [0.1, 0.15) is 11.3 Å². The molecule has 3 aromatic heterocycles. The summed E-state index contributed by atoms with van der Waals surface area (Å²) in [5.41, 5.74) is 3.56. The standard InChI is InChI=1S/C27H33ClN6/c1-19(17-26(2,3)4)34-16-10-27(18-34)8-14-33(15-9-27)25-21-7-13-30-23(28)22(21)31-24(32-25)20-5-11-29-12-6-20/h5-7,11-13H,1,8-10,14-18H2,2-4H3. The lowest BCUT2D eigenvalue weighted by Gasteiger charge is -2.40. The molecule has 1 spiro atoms. The molecule has 2 saturated heterocycles. The number of fused-ring (bicyclic) bond motifs is 1. The van der Waals surface area contributed by atoms with E-state index < -0.39 is 0 Å². The Morgan fingerprint density at radius 1 is 1.03 bits per heavy atom. The maximum Gasteiger partial charge on any atom is 0.162 e. The van der Waals surface area contributed by atoms with Gasteiger partial charge in [-0.15, -0.1) is 0 Å². The fourth-order valence-electron chi connectivity index (χ4n) is 5.41. The molecule has 2 fully saturated rings. The van der Waals surface area contributed by atoms with Crippen molar-refractivity contribution >= 4 is 28.3 Å². The molecule has 5 heterocycles. The lowest BCUT2D eigenvalue weighted by Crippen LogP contribution is -2.42. The van der Waals surface area contributed by atoms with Gasteiger partial charge in [0.15, 0.2) is 11.0 Å². The Kier molecular flexibility index (Phi) is 5.96. The van der Waals surface area contributed by atoms with E-state index in [1.54, 1.807) is 18.6 Å². The molecule has 0 aromatic carbocycles. The Morgan fingerprint density at radius 2 is 1.74 bits per heavy atom. The van der Waals surface area contributed by atoms with Gasteiger partial charge in [-0.3, -0.25) is 4.98 Å². The van der Waals surface area contributed by atoms with Crippen LogP contribution < -0.4 is 4.90 Å². The molecule has 2 aliphatic heterocycles. The van der Waals surface area contributed by atoms with Crippen LogP contribution >= 0.6 is 11.6 Å². The summed E-state index contributed by atoms with van der Waals surface area (Å²) in [4.78, 5) is 23.1. The molecule has 0 saturated carbocycles. The summed E-state index contributed by atoms with van der Waals surface area (Å²) in [6, 6.07) is 5.83. The van der Waals surface area contributed by atoms with Gasteiger partial charge in [0.05, 0.1) is 0 Å². The van der Waals surface area contributed by atoms with E-state index >= 15 is 0 Å². The van der Waals surface area contributed by atoms with Crippen LogP contribution in [0.2, 0.25) is 5.15 Å². The van der Waals surface area contributed by atoms with Gasteiger partial charge in [-0.25, -0.2) is 15.0 Å². The first-order chi connectivity index (χ1) is 16.2. The second kappa shape index (κ2) is 8.81. The number of likely N-dealkylation sites (tertiary alicyclic amines) is 1. The number of aromatic nitrogens is 4. The summed E-state index contributed by atoms with van der Waals surface area (Å²) in [7, 11) is 0. The Bertz CT molecular complexity index is 1190. The summed E-state index contributed by atoms with van der Waals surface area (Å²) in [6.45, 7) is 15.5. The molecule has 7 heteroatoms. The molecule has 34 heavy (non-hydrogen) atoms. The van der Waals surface area contributed by atoms with Crippen LogP contribution in [0.5, 0.6) is 0 Å². The number of allylic oxidation sites excluding steroid dienone is 1. The Hall–Kier alpha value is -2.73. The van der Waals surface area contributed by atoms with Crippen LogP contribution in [-0.4, -0.2) is 51.0 Å². The van der Waals surface area contributed by atoms with E-state index in [9.17, 15) is 0 Å². The maximum absolute atomic E-state index is 6.47. The largest absolute Gasteiger partial charge is 0.375 e. The highest BCUT2D eigenvalue weighted by molar-refractivity contribution is 6.34. The zero-order valence-electron chi connectivity index (χ0n) is 20.4. The van der Waals surface area contributed by atoms with E-state index in [0.29, 0.717) is 21.9 Å². The topological polar surface area (TPSA) is 58.0 Å². The van der Waals surface area contributed by atoms with Crippen LogP contribution in [0.3, 0.4) is 0 Å². The van der Waals surface area contributed by atoms with Gasteiger partial charge in [0, 0.05) is 61.4 Å². The zero-order chi connectivity index (χ0) is 23.9. The summed E-state index contributed by atoms with van der Waals surface area (Å²) in [5, 5.41) is 1.37. The smallest absolute Gasteiger partial charge is 0.162 e. The number of rotatable bonds is 4.